The fraction of sp³-hybridized carbons (Fsp3) is 0.352. The molecule has 392 valence electrons. The second-order valence-corrected chi connectivity index (χ2v) is 18.5. The minimum absolute atomic E-state index is 0.00751. The number of anilines is 1. The highest BCUT2D eigenvalue weighted by molar-refractivity contribution is 6.00. The van der Waals surface area contributed by atoms with E-state index in [4.69, 9.17) is 9.72 Å². The van der Waals surface area contributed by atoms with Crippen LogP contribution in [0.4, 0.5) is 14.6 Å². The number of ether oxygens (including phenoxy) is 1. The number of hydrogen-bond acceptors (Lipinski definition) is 12. The second kappa shape index (κ2) is 23.0. The van der Waals surface area contributed by atoms with Gasteiger partial charge in [-0.15, -0.1) is 0 Å². The standard InChI is InChI=1S/C54H58F2N10O9/c1-4-27-64(35(3)46(69)61-44-24-29-66(52(74)62-44)51-54(55,56)45(68)43(32-67)75-51)50(73)41(60-48(71)42-21-14-28-65(42)49(72)34(2)59-47(70)36-22-25-57-26-23-36)30-40-31-63(33-58-40)53(37-15-8-5-9-16-37,38-17-10-6-11-18-38)39-19-12-7-13-20-39/h5-13,15-20,22-26,29,31,33-35,41-43,45,51,67-68H,4,14,21,27-28,30,32H2,1-3H3,(H,59,70)(H,60,71)(H,61,62,69,74)/t34-,35+,41+,42+,43?,45?,51?/m1/s1. The van der Waals surface area contributed by atoms with Gasteiger partial charge in [0.15, 0.2) is 6.10 Å². The molecule has 0 aliphatic carbocycles. The Labute approximate surface area is 430 Å². The largest absolute Gasteiger partial charge is 0.394 e. The molecule has 19 nitrogen and oxygen atoms in total. The summed E-state index contributed by atoms with van der Waals surface area (Å²) in [5.74, 6) is -7.47. The first-order valence-corrected chi connectivity index (χ1v) is 24.6. The molecule has 0 saturated carbocycles. The maximum absolute atomic E-state index is 15.2. The maximum atomic E-state index is 15.2. The highest BCUT2D eigenvalue weighted by Gasteiger charge is 2.59. The summed E-state index contributed by atoms with van der Waals surface area (Å²) in [6.45, 7) is 4.02. The number of aliphatic hydroxyl groups excluding tert-OH is 2. The SMILES string of the molecule is CCCN(C(=O)[C@H](Cc1cn(C(c2ccccc2)(c2ccccc2)c2ccccc2)cn1)NC(=O)[C@@H]1CCCN1C(=O)[C@@H](C)NC(=O)c1ccncc1)[C@@H](C)C(=O)Nc1ccn(C2OC(CO)C(O)C2(F)F)c(=O)n1. The van der Waals surface area contributed by atoms with Crippen LogP contribution in [0.2, 0.25) is 0 Å². The number of carbonyl (C=O) groups excluding carboxylic acids is 5. The number of nitrogens with one attached hydrogen (secondary N) is 3. The van der Waals surface area contributed by atoms with Crippen molar-refractivity contribution in [3.63, 3.8) is 0 Å². The zero-order valence-corrected chi connectivity index (χ0v) is 41.4. The van der Waals surface area contributed by atoms with Gasteiger partial charge in [0.25, 0.3) is 5.91 Å². The summed E-state index contributed by atoms with van der Waals surface area (Å²) in [6, 6.07) is 28.9. The van der Waals surface area contributed by atoms with Crippen LogP contribution in [0.25, 0.3) is 0 Å². The lowest BCUT2D eigenvalue weighted by atomic mass is 9.77. The van der Waals surface area contributed by atoms with Crippen LogP contribution < -0.4 is 21.6 Å². The molecule has 2 fully saturated rings. The summed E-state index contributed by atoms with van der Waals surface area (Å²) < 4.78 is 37.3. The van der Waals surface area contributed by atoms with E-state index in [1.165, 1.54) is 48.2 Å². The van der Waals surface area contributed by atoms with E-state index in [9.17, 15) is 43.0 Å². The first kappa shape index (κ1) is 53.3. The first-order valence-electron chi connectivity index (χ1n) is 24.6. The number of rotatable bonds is 19. The zero-order valence-electron chi connectivity index (χ0n) is 41.4. The Kier molecular flexibility index (Phi) is 16.4. The summed E-state index contributed by atoms with van der Waals surface area (Å²) in [4.78, 5) is 99.1. The minimum Gasteiger partial charge on any atom is -0.394 e. The number of likely N-dealkylation sites (tertiary alicyclic amines) is 1. The van der Waals surface area contributed by atoms with E-state index < -0.39 is 95.9 Å². The number of aliphatic hydroxyl groups is 2. The normalized spacial score (nSPS) is 19.4. The quantitative estimate of drug-likeness (QED) is 0.0731. The van der Waals surface area contributed by atoms with Gasteiger partial charge in [0, 0.05) is 49.9 Å². The Morgan fingerprint density at radius 1 is 0.893 bits per heavy atom. The summed E-state index contributed by atoms with van der Waals surface area (Å²) in [7, 11) is 0. The number of alkyl halides is 2. The van der Waals surface area contributed by atoms with Crippen molar-refractivity contribution >= 4 is 35.4 Å². The molecule has 0 bridgehead atoms. The van der Waals surface area contributed by atoms with Crippen molar-refractivity contribution in [1.82, 2.24) is 44.5 Å². The predicted octanol–water partition coefficient (Wildman–Crippen LogP) is 3.66. The highest BCUT2D eigenvalue weighted by atomic mass is 19.3. The number of nitrogens with zero attached hydrogens (tertiary/aromatic N) is 7. The molecule has 75 heavy (non-hydrogen) atoms. The van der Waals surface area contributed by atoms with Gasteiger partial charge in [-0.2, -0.15) is 13.8 Å². The maximum Gasteiger partial charge on any atom is 0.351 e. The first-order chi connectivity index (χ1) is 36.1. The molecule has 3 unspecified atom stereocenters. The van der Waals surface area contributed by atoms with Crippen LogP contribution in [-0.4, -0.2) is 136 Å². The molecule has 2 aliphatic heterocycles. The summed E-state index contributed by atoms with van der Waals surface area (Å²) in [5.41, 5.74) is 1.16. The summed E-state index contributed by atoms with van der Waals surface area (Å²) in [6.07, 6.45) is 1.78. The Morgan fingerprint density at radius 3 is 2.07 bits per heavy atom. The third-order valence-electron chi connectivity index (χ3n) is 13.6. The van der Waals surface area contributed by atoms with E-state index in [0.717, 1.165) is 29.0 Å². The van der Waals surface area contributed by atoms with E-state index in [2.05, 4.69) is 25.9 Å². The van der Waals surface area contributed by atoms with Gasteiger partial charge in [-0.25, -0.2) is 9.78 Å². The van der Waals surface area contributed by atoms with Crippen LogP contribution in [0.3, 0.4) is 0 Å². The van der Waals surface area contributed by atoms with Crippen molar-refractivity contribution < 1.29 is 47.7 Å². The molecule has 6 aromatic rings. The molecular weight excluding hydrogens is 971 g/mol. The molecule has 2 saturated heterocycles. The smallest absolute Gasteiger partial charge is 0.351 e. The molecule has 5 amide bonds. The van der Waals surface area contributed by atoms with Crippen LogP contribution >= 0.6 is 0 Å². The Balaban J connectivity index is 1.10. The van der Waals surface area contributed by atoms with E-state index in [-0.39, 0.29) is 31.7 Å². The van der Waals surface area contributed by atoms with Crippen LogP contribution in [-0.2, 0) is 35.9 Å². The third-order valence-corrected chi connectivity index (χ3v) is 13.6. The van der Waals surface area contributed by atoms with Crippen molar-refractivity contribution in [2.45, 2.75) is 101 Å². The monoisotopic (exact) mass is 1030 g/mol. The third kappa shape index (κ3) is 11.0. The van der Waals surface area contributed by atoms with Crippen molar-refractivity contribution in [2.75, 3.05) is 25.0 Å². The Hall–Kier alpha value is -8.01. The number of hydrogen-bond donors (Lipinski definition) is 5. The van der Waals surface area contributed by atoms with Crippen LogP contribution in [0.1, 0.15) is 79.0 Å². The van der Waals surface area contributed by atoms with Gasteiger partial charge in [-0.05, 0) is 68.0 Å². The minimum atomic E-state index is -3.97. The highest BCUT2D eigenvalue weighted by Crippen LogP contribution is 2.43. The predicted molar refractivity (Wildman–Crippen MR) is 269 cm³/mol. The lowest BCUT2D eigenvalue weighted by molar-refractivity contribution is -0.143. The second-order valence-electron chi connectivity index (χ2n) is 18.5. The number of benzene rings is 3. The number of halogens is 2. The topological polar surface area (TPSA) is 243 Å². The van der Waals surface area contributed by atoms with E-state index in [1.54, 1.807) is 13.3 Å². The molecule has 5 heterocycles. The molecular formula is C54H58F2N10O9. The van der Waals surface area contributed by atoms with Crippen molar-refractivity contribution in [3.05, 3.63) is 179 Å². The van der Waals surface area contributed by atoms with Crippen LogP contribution in [0, 0.1) is 0 Å². The Morgan fingerprint density at radius 2 is 1.51 bits per heavy atom. The zero-order chi connectivity index (χ0) is 53.4. The average molecular weight is 1030 g/mol. The molecule has 3 aromatic carbocycles. The van der Waals surface area contributed by atoms with Crippen LogP contribution in [0.5, 0.6) is 0 Å². The fourth-order valence-corrected chi connectivity index (χ4v) is 9.80. The van der Waals surface area contributed by atoms with Crippen LogP contribution in [0.15, 0.2) is 145 Å². The molecule has 8 rings (SSSR count). The van der Waals surface area contributed by atoms with Crippen molar-refractivity contribution in [3.8, 4) is 0 Å². The van der Waals surface area contributed by atoms with Gasteiger partial charge < -0.3 is 45.3 Å². The number of carbonyl (C=O) groups is 5. The van der Waals surface area contributed by atoms with Gasteiger partial charge in [0.2, 0.25) is 29.9 Å². The number of imidazole rings is 1. The van der Waals surface area contributed by atoms with Gasteiger partial charge in [-0.1, -0.05) is 97.9 Å². The number of pyridine rings is 1. The van der Waals surface area contributed by atoms with Crippen molar-refractivity contribution in [1.29, 1.82) is 0 Å². The van der Waals surface area contributed by atoms with Gasteiger partial charge >= 0.3 is 11.6 Å². The molecule has 7 atom stereocenters. The van der Waals surface area contributed by atoms with E-state index in [1.807, 2.05) is 102 Å². The Bertz CT molecular complexity index is 2930. The molecule has 2 aliphatic rings. The molecule has 21 heteroatoms. The van der Waals surface area contributed by atoms with Gasteiger partial charge in [0.05, 0.1) is 18.6 Å². The summed E-state index contributed by atoms with van der Waals surface area (Å²) in [5, 5.41) is 27.5. The van der Waals surface area contributed by atoms with Gasteiger partial charge in [0.1, 0.15) is 41.6 Å². The van der Waals surface area contributed by atoms with Gasteiger partial charge in [-0.3, -0.25) is 33.5 Å². The average Bonchev–Trinajstić information content (AvgIpc) is 4.17. The number of aromatic nitrogens is 5. The summed E-state index contributed by atoms with van der Waals surface area (Å²) >= 11 is 0. The van der Waals surface area contributed by atoms with Crippen molar-refractivity contribution in [2.24, 2.45) is 0 Å². The fourth-order valence-electron chi connectivity index (χ4n) is 9.80. The number of amides is 5. The molecule has 0 spiro atoms. The molecule has 5 N–H and O–H groups in total. The molecule has 3 aromatic heterocycles. The lowest BCUT2D eigenvalue weighted by Gasteiger charge is -2.37. The van der Waals surface area contributed by atoms with E-state index >= 15 is 4.79 Å². The lowest BCUT2D eigenvalue weighted by Crippen LogP contribution is -2.58. The molecule has 0 radical (unpaired) electrons. The van der Waals surface area contributed by atoms with E-state index in [0.29, 0.717) is 28.7 Å².